The van der Waals surface area contributed by atoms with Gasteiger partial charge in [0.15, 0.2) is 0 Å². The topological polar surface area (TPSA) is 35.8 Å². The van der Waals surface area contributed by atoms with Crippen LogP contribution in [0, 0.1) is 34.9 Å². The van der Waals surface area contributed by atoms with E-state index in [9.17, 15) is 4.39 Å². The number of hydrogen-bond acceptors (Lipinski definition) is 2. The van der Waals surface area contributed by atoms with E-state index in [4.69, 9.17) is 5.26 Å². The normalized spacial score (nSPS) is 28.5. The molecule has 1 N–H and O–H groups in total. The average Bonchev–Trinajstić information content (AvgIpc) is 3.03. The van der Waals surface area contributed by atoms with Gasteiger partial charge in [0, 0.05) is 12.1 Å². The Labute approximate surface area is 113 Å². The summed E-state index contributed by atoms with van der Waals surface area (Å²) in [6, 6.07) is 6.66. The first-order chi connectivity index (χ1) is 9.26. The maximum absolute atomic E-state index is 13.7. The molecule has 3 atom stereocenters. The molecule has 0 aromatic heterocycles. The van der Waals surface area contributed by atoms with Gasteiger partial charge in [-0.05, 0) is 55.7 Å². The minimum absolute atomic E-state index is 0.278. The lowest BCUT2D eigenvalue weighted by Gasteiger charge is -2.22. The Hall–Kier alpha value is -1.40. The lowest BCUT2D eigenvalue weighted by molar-refractivity contribution is 0.318. The number of hydrogen-bond donors (Lipinski definition) is 1. The molecular weight excluding hydrogens is 239 g/mol. The van der Waals surface area contributed by atoms with Crippen LogP contribution in [-0.4, -0.2) is 6.54 Å². The van der Waals surface area contributed by atoms with Crippen molar-refractivity contribution in [3.05, 3.63) is 35.1 Å². The minimum Gasteiger partial charge on any atom is -0.312 e. The predicted molar refractivity (Wildman–Crippen MR) is 71.8 cm³/mol. The number of benzene rings is 1. The van der Waals surface area contributed by atoms with Crippen molar-refractivity contribution in [1.29, 1.82) is 5.26 Å². The Balaban J connectivity index is 1.51. The Bertz CT molecular complexity index is 506. The summed E-state index contributed by atoms with van der Waals surface area (Å²) >= 11 is 0. The molecule has 2 fully saturated rings. The van der Waals surface area contributed by atoms with Gasteiger partial charge < -0.3 is 5.32 Å². The van der Waals surface area contributed by atoms with Gasteiger partial charge in [0.05, 0.1) is 11.6 Å². The molecule has 1 aromatic rings. The van der Waals surface area contributed by atoms with Gasteiger partial charge in [-0.2, -0.15) is 5.26 Å². The van der Waals surface area contributed by atoms with Gasteiger partial charge in [0.1, 0.15) is 5.82 Å². The fourth-order valence-corrected chi connectivity index (χ4v) is 3.78. The first-order valence-corrected chi connectivity index (χ1v) is 7.15. The summed E-state index contributed by atoms with van der Waals surface area (Å²) < 4.78 is 13.7. The van der Waals surface area contributed by atoms with E-state index in [0.717, 1.165) is 24.3 Å². The fraction of sp³-hybridized carbons (Fsp3) is 0.562. The largest absolute Gasteiger partial charge is 0.312 e. The maximum atomic E-state index is 13.7. The highest BCUT2D eigenvalue weighted by atomic mass is 19.1. The van der Waals surface area contributed by atoms with Gasteiger partial charge >= 0.3 is 0 Å². The van der Waals surface area contributed by atoms with E-state index in [0.29, 0.717) is 17.7 Å². The van der Waals surface area contributed by atoms with Gasteiger partial charge in [-0.3, -0.25) is 0 Å². The Morgan fingerprint density at radius 3 is 2.84 bits per heavy atom. The summed E-state index contributed by atoms with van der Waals surface area (Å²) in [7, 11) is 0. The fourth-order valence-electron chi connectivity index (χ4n) is 3.78. The zero-order chi connectivity index (χ0) is 13.2. The molecule has 0 amide bonds. The molecule has 0 aliphatic heterocycles. The van der Waals surface area contributed by atoms with Crippen LogP contribution in [0.4, 0.5) is 4.39 Å². The molecule has 1 aromatic carbocycles. The molecule has 2 saturated carbocycles. The summed E-state index contributed by atoms with van der Waals surface area (Å²) in [6.45, 7) is 1.56. The van der Waals surface area contributed by atoms with Crippen molar-refractivity contribution < 1.29 is 4.39 Å². The Morgan fingerprint density at radius 1 is 1.32 bits per heavy atom. The van der Waals surface area contributed by atoms with Gasteiger partial charge in [0.25, 0.3) is 0 Å². The first kappa shape index (κ1) is 12.6. The quantitative estimate of drug-likeness (QED) is 0.900. The summed E-state index contributed by atoms with van der Waals surface area (Å²) in [6.07, 6.45) is 5.58. The molecular formula is C16H19FN2. The molecule has 3 rings (SSSR count). The molecule has 0 saturated heterocycles. The number of nitrogens with one attached hydrogen (secondary N) is 1. The predicted octanol–water partition coefficient (Wildman–Crippen LogP) is 3.22. The molecule has 0 spiro atoms. The number of fused-ring (bicyclic) bond motifs is 2. The highest BCUT2D eigenvalue weighted by molar-refractivity contribution is 5.32. The van der Waals surface area contributed by atoms with Crippen molar-refractivity contribution in [3.8, 4) is 6.07 Å². The molecule has 100 valence electrons. The van der Waals surface area contributed by atoms with E-state index in [2.05, 4.69) is 5.32 Å². The van der Waals surface area contributed by atoms with Crippen LogP contribution in [0.2, 0.25) is 0 Å². The minimum atomic E-state index is -0.278. The number of halogens is 1. The lowest BCUT2D eigenvalue weighted by Crippen LogP contribution is -2.26. The van der Waals surface area contributed by atoms with Crippen molar-refractivity contribution in [1.82, 2.24) is 5.32 Å². The van der Waals surface area contributed by atoms with E-state index in [1.807, 2.05) is 6.07 Å². The van der Waals surface area contributed by atoms with E-state index in [1.165, 1.54) is 31.7 Å². The smallest absolute Gasteiger partial charge is 0.129 e. The summed E-state index contributed by atoms with van der Waals surface area (Å²) in [5.41, 5.74) is 1.04. The second-order valence-electron chi connectivity index (χ2n) is 5.98. The van der Waals surface area contributed by atoms with Gasteiger partial charge in [-0.25, -0.2) is 4.39 Å². The van der Waals surface area contributed by atoms with Gasteiger partial charge in [-0.1, -0.05) is 12.5 Å². The van der Waals surface area contributed by atoms with Crippen LogP contribution in [0.5, 0.6) is 0 Å². The van der Waals surface area contributed by atoms with Crippen LogP contribution < -0.4 is 5.32 Å². The van der Waals surface area contributed by atoms with Crippen molar-refractivity contribution in [2.24, 2.45) is 17.8 Å². The third-order valence-corrected chi connectivity index (χ3v) is 4.79. The summed E-state index contributed by atoms with van der Waals surface area (Å²) in [5.74, 6) is 2.38. The van der Waals surface area contributed by atoms with Gasteiger partial charge in [-0.15, -0.1) is 0 Å². The van der Waals surface area contributed by atoms with E-state index in [-0.39, 0.29) is 5.82 Å². The molecule has 19 heavy (non-hydrogen) atoms. The molecule has 0 radical (unpaired) electrons. The van der Waals surface area contributed by atoms with E-state index < -0.39 is 0 Å². The maximum Gasteiger partial charge on any atom is 0.129 e. The average molecular weight is 258 g/mol. The molecule has 3 heteroatoms. The van der Waals surface area contributed by atoms with Crippen LogP contribution in [-0.2, 0) is 6.54 Å². The monoisotopic (exact) mass is 258 g/mol. The molecule has 2 bridgehead atoms. The Morgan fingerprint density at radius 2 is 2.21 bits per heavy atom. The van der Waals surface area contributed by atoms with Crippen molar-refractivity contribution in [3.63, 3.8) is 0 Å². The van der Waals surface area contributed by atoms with Crippen molar-refractivity contribution in [2.45, 2.75) is 32.2 Å². The van der Waals surface area contributed by atoms with Gasteiger partial charge in [0.2, 0.25) is 0 Å². The van der Waals surface area contributed by atoms with Crippen molar-refractivity contribution >= 4 is 0 Å². The third kappa shape index (κ3) is 2.64. The van der Waals surface area contributed by atoms with Crippen molar-refractivity contribution in [2.75, 3.05) is 6.54 Å². The van der Waals surface area contributed by atoms with Crippen LogP contribution in [0.3, 0.4) is 0 Å². The SMILES string of the molecule is N#Cc1ccc(CNCC2CC3CCC2C3)c(F)c1. The van der Waals surface area contributed by atoms with Crippen LogP contribution >= 0.6 is 0 Å². The number of rotatable bonds is 4. The van der Waals surface area contributed by atoms with E-state index >= 15 is 0 Å². The molecule has 3 unspecified atom stereocenters. The van der Waals surface area contributed by atoms with E-state index in [1.54, 1.807) is 12.1 Å². The zero-order valence-electron chi connectivity index (χ0n) is 11.0. The highest BCUT2D eigenvalue weighted by Crippen LogP contribution is 2.47. The first-order valence-electron chi connectivity index (χ1n) is 7.15. The third-order valence-electron chi connectivity index (χ3n) is 4.79. The second-order valence-corrected chi connectivity index (χ2v) is 5.98. The summed E-state index contributed by atoms with van der Waals surface area (Å²) in [5, 5.41) is 12.1. The van der Waals surface area contributed by atoms with Crippen LogP contribution in [0.15, 0.2) is 18.2 Å². The standard InChI is InChI=1S/C16H19FN2/c17-16-7-12(8-18)2-4-14(16)9-19-10-15-6-11-1-3-13(15)5-11/h2,4,7,11,13,15,19H,1,3,5-6,9-10H2. The lowest BCUT2D eigenvalue weighted by atomic mass is 9.89. The molecule has 2 aliphatic rings. The van der Waals surface area contributed by atoms with Crippen LogP contribution in [0.25, 0.3) is 0 Å². The number of nitrogens with zero attached hydrogens (tertiary/aromatic N) is 1. The zero-order valence-corrected chi connectivity index (χ0v) is 11.0. The summed E-state index contributed by atoms with van der Waals surface area (Å²) in [4.78, 5) is 0. The second kappa shape index (κ2) is 5.30. The number of nitriles is 1. The molecule has 2 aliphatic carbocycles. The molecule has 0 heterocycles. The molecule has 2 nitrogen and oxygen atoms in total. The highest BCUT2D eigenvalue weighted by Gasteiger charge is 2.38. The van der Waals surface area contributed by atoms with Crippen LogP contribution in [0.1, 0.15) is 36.8 Å². The Kier molecular flexibility index (Phi) is 3.52.